The second-order valence-corrected chi connectivity index (χ2v) is 6.98. The molecule has 0 saturated heterocycles. The topological polar surface area (TPSA) is 74.8 Å². The predicted octanol–water partition coefficient (Wildman–Crippen LogP) is 3.93. The number of alkyl halides is 3. The maximum Gasteiger partial charge on any atom is 0.573 e. The van der Waals surface area contributed by atoms with Crippen LogP contribution in [0.3, 0.4) is 0 Å². The Morgan fingerprint density at radius 3 is 2.40 bits per heavy atom. The molecule has 0 amide bonds. The lowest BCUT2D eigenvalue weighted by Crippen LogP contribution is -2.39. The number of rotatable bonds is 6. The molecule has 164 valence electrons. The second-order valence-electron chi connectivity index (χ2n) is 6.98. The highest BCUT2D eigenvalue weighted by atomic mass is 19.4. The van der Waals surface area contributed by atoms with Gasteiger partial charge in [-0.15, -0.1) is 13.2 Å². The Morgan fingerprint density at radius 2 is 1.83 bits per heavy atom. The largest absolute Gasteiger partial charge is 0.573 e. The van der Waals surface area contributed by atoms with E-state index in [0.29, 0.717) is 13.0 Å². The number of halogens is 3. The Hall–Kier alpha value is -3.04. The molecule has 0 radical (unpaired) electrons. The van der Waals surface area contributed by atoms with Crippen LogP contribution in [0.15, 0.2) is 38.8 Å². The lowest BCUT2D eigenvalue weighted by molar-refractivity contribution is -0.274. The van der Waals surface area contributed by atoms with E-state index in [9.17, 15) is 22.8 Å². The number of aliphatic imine (C=N–C) groups is 1. The summed E-state index contributed by atoms with van der Waals surface area (Å²) in [5, 5.41) is 0. The molecule has 1 aromatic heterocycles. The van der Waals surface area contributed by atoms with Crippen molar-refractivity contribution >= 4 is 11.7 Å². The van der Waals surface area contributed by atoms with Gasteiger partial charge < -0.3 is 9.47 Å². The summed E-state index contributed by atoms with van der Waals surface area (Å²) in [6, 6.07) is 5.04. The summed E-state index contributed by atoms with van der Waals surface area (Å²) < 4.78 is 49.4. The fourth-order valence-electron chi connectivity index (χ4n) is 2.71. The van der Waals surface area contributed by atoms with Crippen LogP contribution in [0.2, 0.25) is 0 Å². The van der Waals surface area contributed by atoms with Gasteiger partial charge in [0.15, 0.2) is 5.90 Å². The van der Waals surface area contributed by atoms with Gasteiger partial charge in [-0.25, -0.2) is 4.79 Å². The number of aromatic nitrogens is 2. The fraction of sp³-hybridized carbons (Fsp3) is 0.450. The summed E-state index contributed by atoms with van der Waals surface area (Å²) in [6.07, 6.45) is -4.19. The first-order valence-electron chi connectivity index (χ1n) is 9.37. The third-order valence-corrected chi connectivity index (χ3v) is 4.15. The third-order valence-electron chi connectivity index (χ3n) is 4.15. The second kappa shape index (κ2) is 9.19. The standard InChI is InChI=1S/C20H24F3N3O4/c1-6-10-26-16(13(4)18(27)25(5)19(26)28)24-17(12(2)3)29-14-8-7-9-15(11-14)30-20(21,22)23/h7-9,11-12H,6,10H2,1-5H3/b24-17+. The molecule has 1 heterocycles. The molecule has 2 rings (SSSR count). The Kier molecular flexibility index (Phi) is 7.12. The molecule has 0 saturated carbocycles. The molecule has 2 aromatic rings. The zero-order valence-electron chi connectivity index (χ0n) is 17.4. The van der Waals surface area contributed by atoms with Crippen molar-refractivity contribution in [3.8, 4) is 11.5 Å². The molecule has 30 heavy (non-hydrogen) atoms. The van der Waals surface area contributed by atoms with Gasteiger partial charge in [0.25, 0.3) is 5.56 Å². The van der Waals surface area contributed by atoms with E-state index in [2.05, 4.69) is 9.73 Å². The highest BCUT2D eigenvalue weighted by Gasteiger charge is 2.31. The lowest BCUT2D eigenvalue weighted by Gasteiger charge is -2.17. The Morgan fingerprint density at radius 1 is 1.20 bits per heavy atom. The summed E-state index contributed by atoms with van der Waals surface area (Å²) in [4.78, 5) is 29.3. The molecule has 0 aliphatic heterocycles. The van der Waals surface area contributed by atoms with Gasteiger partial charge in [0.05, 0.1) is 5.56 Å². The zero-order chi connectivity index (χ0) is 22.6. The van der Waals surface area contributed by atoms with Crippen molar-refractivity contribution in [2.75, 3.05) is 0 Å². The minimum absolute atomic E-state index is 0.0788. The Labute approximate surface area is 171 Å². The van der Waals surface area contributed by atoms with Crippen LogP contribution in [0.25, 0.3) is 0 Å². The van der Waals surface area contributed by atoms with Crippen LogP contribution in [-0.2, 0) is 13.6 Å². The minimum atomic E-state index is -4.83. The van der Waals surface area contributed by atoms with E-state index >= 15 is 0 Å². The monoisotopic (exact) mass is 427 g/mol. The van der Waals surface area contributed by atoms with Crippen molar-refractivity contribution in [1.29, 1.82) is 0 Å². The van der Waals surface area contributed by atoms with Crippen LogP contribution >= 0.6 is 0 Å². The van der Waals surface area contributed by atoms with Gasteiger partial charge in [0.2, 0.25) is 0 Å². The number of hydrogen-bond acceptors (Lipinski definition) is 5. The number of hydrogen-bond donors (Lipinski definition) is 0. The summed E-state index contributed by atoms with van der Waals surface area (Å²) in [5.41, 5.74) is -0.717. The summed E-state index contributed by atoms with van der Waals surface area (Å²) in [7, 11) is 1.39. The maximum atomic E-state index is 12.5. The number of benzene rings is 1. The molecule has 0 fully saturated rings. The van der Waals surface area contributed by atoms with Crippen molar-refractivity contribution in [3.05, 3.63) is 50.7 Å². The van der Waals surface area contributed by atoms with E-state index in [-0.39, 0.29) is 28.9 Å². The number of ether oxygens (including phenoxy) is 2. The van der Waals surface area contributed by atoms with E-state index in [4.69, 9.17) is 4.74 Å². The van der Waals surface area contributed by atoms with Crippen LogP contribution in [-0.4, -0.2) is 21.4 Å². The van der Waals surface area contributed by atoms with Gasteiger partial charge in [-0.1, -0.05) is 26.8 Å². The molecule has 0 atom stereocenters. The first kappa shape index (κ1) is 23.2. The maximum absolute atomic E-state index is 12.5. The molecule has 0 spiro atoms. The van der Waals surface area contributed by atoms with E-state index in [1.165, 1.54) is 23.7 Å². The molecule has 10 heteroatoms. The van der Waals surface area contributed by atoms with E-state index in [0.717, 1.165) is 16.7 Å². The summed E-state index contributed by atoms with van der Waals surface area (Å²) in [6.45, 7) is 7.32. The van der Waals surface area contributed by atoms with Crippen molar-refractivity contribution in [2.24, 2.45) is 18.0 Å². The third kappa shape index (κ3) is 5.52. The first-order valence-corrected chi connectivity index (χ1v) is 9.37. The van der Waals surface area contributed by atoms with Crippen LogP contribution < -0.4 is 20.7 Å². The molecule has 7 nitrogen and oxygen atoms in total. The zero-order valence-corrected chi connectivity index (χ0v) is 17.4. The van der Waals surface area contributed by atoms with Gasteiger partial charge >= 0.3 is 12.1 Å². The molecular formula is C20H24F3N3O4. The van der Waals surface area contributed by atoms with Crippen LogP contribution in [0, 0.1) is 12.8 Å². The molecule has 1 aromatic carbocycles. The SMILES string of the molecule is CCCn1c(/N=C(/Oc2cccc(OC(F)(F)F)c2)C(C)C)c(C)c(=O)n(C)c1=O. The van der Waals surface area contributed by atoms with Crippen molar-refractivity contribution in [2.45, 2.75) is 47.0 Å². The molecule has 0 unspecified atom stereocenters. The predicted molar refractivity (Wildman–Crippen MR) is 107 cm³/mol. The van der Waals surface area contributed by atoms with Gasteiger partial charge in [0.1, 0.15) is 17.3 Å². The lowest BCUT2D eigenvalue weighted by atomic mass is 10.2. The quantitative estimate of drug-likeness (QED) is 0.517. The van der Waals surface area contributed by atoms with Crippen molar-refractivity contribution < 1.29 is 22.6 Å². The Balaban J connectivity index is 2.54. The molecule has 0 aliphatic rings. The molecule has 0 bridgehead atoms. The molecule has 0 N–H and O–H groups in total. The van der Waals surface area contributed by atoms with Crippen molar-refractivity contribution in [1.82, 2.24) is 9.13 Å². The fourth-order valence-corrected chi connectivity index (χ4v) is 2.71. The minimum Gasteiger partial charge on any atom is -0.443 e. The Bertz CT molecular complexity index is 1050. The van der Waals surface area contributed by atoms with E-state index in [1.807, 2.05) is 6.92 Å². The highest BCUT2D eigenvalue weighted by Crippen LogP contribution is 2.27. The molecule has 0 aliphatic carbocycles. The van der Waals surface area contributed by atoms with E-state index in [1.54, 1.807) is 20.8 Å². The summed E-state index contributed by atoms with van der Waals surface area (Å²) >= 11 is 0. The average Bonchev–Trinajstić information content (AvgIpc) is 2.65. The normalized spacial score (nSPS) is 12.4. The van der Waals surface area contributed by atoms with Gasteiger partial charge in [0, 0.05) is 25.6 Å². The first-order chi connectivity index (χ1) is 13.9. The van der Waals surface area contributed by atoms with Crippen molar-refractivity contribution in [3.63, 3.8) is 0 Å². The van der Waals surface area contributed by atoms with Gasteiger partial charge in [-0.05, 0) is 25.5 Å². The van der Waals surface area contributed by atoms with Crippen LogP contribution in [0.4, 0.5) is 19.0 Å². The smallest absolute Gasteiger partial charge is 0.443 e. The summed E-state index contributed by atoms with van der Waals surface area (Å²) in [5.74, 6) is -0.340. The van der Waals surface area contributed by atoms with E-state index < -0.39 is 23.4 Å². The van der Waals surface area contributed by atoms with Crippen LogP contribution in [0.1, 0.15) is 32.8 Å². The van der Waals surface area contributed by atoms with Crippen LogP contribution in [0.5, 0.6) is 11.5 Å². The number of nitrogens with zero attached hydrogens (tertiary/aromatic N) is 3. The molecular weight excluding hydrogens is 403 g/mol. The highest BCUT2D eigenvalue weighted by molar-refractivity contribution is 5.83. The van der Waals surface area contributed by atoms with Gasteiger partial charge in [-0.3, -0.25) is 13.9 Å². The van der Waals surface area contributed by atoms with Gasteiger partial charge in [-0.2, -0.15) is 4.99 Å². The average molecular weight is 427 g/mol.